The zero-order valence-corrected chi connectivity index (χ0v) is 35.4. The van der Waals surface area contributed by atoms with Crippen LogP contribution in [0.5, 0.6) is 5.75 Å². The molecule has 4 heterocycles. The molecule has 4 atom stereocenters. The van der Waals surface area contributed by atoms with Crippen LogP contribution in [0.1, 0.15) is 96.9 Å². The molecule has 61 heavy (non-hydrogen) atoms. The predicted octanol–water partition coefficient (Wildman–Crippen LogP) is 2.68. The number of aliphatic carboxylic acids is 1. The molecule has 0 unspecified atom stereocenters. The number of aryl methyl sites for hydroxylation is 1. The maximum Gasteiger partial charge on any atom is 0.408 e. The monoisotopic (exact) mass is 852 g/mol. The van der Waals surface area contributed by atoms with Crippen LogP contribution in [-0.2, 0) is 58.6 Å². The average Bonchev–Trinajstić information content (AvgIpc) is 3.55. The standard InChI is InChI=1S/C42H53FN6O12/c1-9-22-23-15-31(27(43)17-29(23)46-34-24(22)18-49-30(34)16-26-25(38(49)55)19-60-39(56)42(26,58)10-2)59-14-13-44-35(52)21(5)45-37(54)33(20(3)4)48-36(53)28(11-12-32(50)51)47-40(57)61-41(6,7)8/h15-17,20-21,28,33,58H,9-14,18-19H2,1-8H3,(H,44,52)(H,45,54)(H,47,57)(H,48,53)(H,50,51)/t21-,28-,33-,42-/m0/s1. The SMILES string of the molecule is CCc1c2c(nc3cc(F)c(OCCNC(=O)[C@H](C)NC(=O)[C@@H](NC(=O)[C@H](CCC(=O)O)NC(=O)OC(C)(C)C)C(C)C)cc13)-c1cc3c(c(=O)n1C2)COC(=O)[C@]3(O)CC. The van der Waals surface area contributed by atoms with E-state index in [4.69, 9.17) is 24.3 Å². The molecule has 0 aliphatic carbocycles. The number of carbonyl (C=O) groups is 6. The van der Waals surface area contributed by atoms with E-state index in [0.717, 1.165) is 11.1 Å². The molecule has 3 aromatic rings. The van der Waals surface area contributed by atoms with E-state index in [2.05, 4.69) is 21.3 Å². The molecular weight excluding hydrogens is 799 g/mol. The molecule has 2 aromatic heterocycles. The number of esters is 1. The van der Waals surface area contributed by atoms with Gasteiger partial charge in [0.25, 0.3) is 5.56 Å². The van der Waals surface area contributed by atoms with Crippen molar-refractivity contribution in [2.75, 3.05) is 13.2 Å². The van der Waals surface area contributed by atoms with Gasteiger partial charge in [0.1, 0.15) is 36.9 Å². The van der Waals surface area contributed by atoms with E-state index < -0.39 is 88.8 Å². The van der Waals surface area contributed by atoms with Crippen LogP contribution in [0.2, 0.25) is 0 Å². The number of aliphatic hydroxyl groups is 1. The Kier molecular flexibility index (Phi) is 13.8. The van der Waals surface area contributed by atoms with Crippen LogP contribution in [0.4, 0.5) is 9.18 Å². The number of carbonyl (C=O) groups excluding carboxylic acids is 5. The third kappa shape index (κ3) is 9.93. The summed E-state index contributed by atoms with van der Waals surface area (Å²) in [7, 11) is 0. The summed E-state index contributed by atoms with van der Waals surface area (Å²) in [6, 6.07) is 0.732. The quantitative estimate of drug-likeness (QED) is 0.0702. The fraction of sp³-hybridized carbons (Fsp3) is 0.524. The first-order valence-electron chi connectivity index (χ1n) is 20.1. The molecule has 6 N–H and O–H groups in total. The van der Waals surface area contributed by atoms with E-state index in [9.17, 15) is 38.7 Å². The molecule has 0 saturated heterocycles. The van der Waals surface area contributed by atoms with Crippen LogP contribution in [0.3, 0.4) is 0 Å². The van der Waals surface area contributed by atoms with Gasteiger partial charge in [-0.25, -0.2) is 19.0 Å². The summed E-state index contributed by atoms with van der Waals surface area (Å²) in [5.41, 5.74) is -0.259. The highest BCUT2D eigenvalue weighted by Gasteiger charge is 2.45. The van der Waals surface area contributed by atoms with Gasteiger partial charge >= 0.3 is 18.0 Å². The number of aromatic nitrogens is 2. The maximum absolute atomic E-state index is 15.5. The number of alkyl carbamates (subject to hydrolysis) is 1. The molecule has 18 nitrogen and oxygen atoms in total. The molecule has 4 amide bonds. The second-order valence-corrected chi connectivity index (χ2v) is 16.4. The molecule has 330 valence electrons. The minimum Gasteiger partial charge on any atom is -0.489 e. The van der Waals surface area contributed by atoms with Gasteiger partial charge in [-0.2, -0.15) is 0 Å². The molecule has 19 heteroatoms. The maximum atomic E-state index is 15.5. The summed E-state index contributed by atoms with van der Waals surface area (Å²) >= 11 is 0. The Balaban J connectivity index is 1.22. The highest BCUT2D eigenvalue weighted by molar-refractivity contribution is 5.94. The van der Waals surface area contributed by atoms with Crippen molar-refractivity contribution < 1.29 is 57.6 Å². The van der Waals surface area contributed by atoms with Crippen molar-refractivity contribution in [2.24, 2.45) is 5.92 Å². The van der Waals surface area contributed by atoms with Gasteiger partial charge in [-0.05, 0) is 70.6 Å². The summed E-state index contributed by atoms with van der Waals surface area (Å²) < 4.78 is 33.1. The van der Waals surface area contributed by atoms with E-state index in [1.54, 1.807) is 47.6 Å². The molecule has 0 bridgehead atoms. The first-order valence-corrected chi connectivity index (χ1v) is 20.1. The van der Waals surface area contributed by atoms with Crippen molar-refractivity contribution in [2.45, 2.75) is 124 Å². The Morgan fingerprint density at radius 3 is 2.33 bits per heavy atom. The summed E-state index contributed by atoms with van der Waals surface area (Å²) in [4.78, 5) is 94.0. The topological polar surface area (TPSA) is 254 Å². The Labute approximate surface area is 350 Å². The first kappa shape index (κ1) is 46.0. The molecule has 0 radical (unpaired) electrons. The lowest BCUT2D eigenvalue weighted by Crippen LogP contribution is -2.58. The van der Waals surface area contributed by atoms with E-state index in [-0.39, 0.29) is 56.0 Å². The number of hydrogen-bond donors (Lipinski definition) is 6. The van der Waals surface area contributed by atoms with Crippen molar-refractivity contribution >= 4 is 46.7 Å². The second-order valence-electron chi connectivity index (χ2n) is 16.4. The Bertz CT molecular complexity index is 2320. The lowest BCUT2D eigenvalue weighted by atomic mass is 9.86. The zero-order chi connectivity index (χ0) is 45.1. The number of rotatable bonds is 16. The van der Waals surface area contributed by atoms with Gasteiger partial charge in [-0.3, -0.25) is 24.0 Å². The van der Waals surface area contributed by atoms with Gasteiger partial charge in [-0.1, -0.05) is 27.7 Å². The van der Waals surface area contributed by atoms with Crippen molar-refractivity contribution in [3.05, 3.63) is 56.6 Å². The summed E-state index contributed by atoms with van der Waals surface area (Å²) in [5, 5.41) is 31.0. The van der Waals surface area contributed by atoms with E-state index in [0.29, 0.717) is 28.7 Å². The molecular formula is C42H53FN6O12. The first-order chi connectivity index (χ1) is 28.6. The minimum atomic E-state index is -1.99. The van der Waals surface area contributed by atoms with Gasteiger partial charge in [0, 0.05) is 29.0 Å². The number of nitrogens with zero attached hydrogens (tertiary/aromatic N) is 2. The van der Waals surface area contributed by atoms with Crippen LogP contribution >= 0.6 is 0 Å². The molecule has 5 rings (SSSR count). The van der Waals surface area contributed by atoms with Gasteiger partial charge in [-0.15, -0.1) is 0 Å². The fourth-order valence-corrected chi connectivity index (χ4v) is 7.31. The van der Waals surface area contributed by atoms with Crippen LogP contribution < -0.4 is 31.6 Å². The second kappa shape index (κ2) is 18.2. The summed E-state index contributed by atoms with van der Waals surface area (Å²) in [5.74, 6) is -5.48. The number of carboxylic acids is 1. The van der Waals surface area contributed by atoms with Crippen molar-refractivity contribution in [1.82, 2.24) is 30.8 Å². The third-order valence-corrected chi connectivity index (χ3v) is 10.5. The number of fused-ring (bicyclic) bond motifs is 5. The summed E-state index contributed by atoms with van der Waals surface area (Å²) in [6.07, 6.45) is -1.19. The fourth-order valence-electron chi connectivity index (χ4n) is 7.31. The highest BCUT2D eigenvalue weighted by Crippen LogP contribution is 2.41. The number of hydrogen-bond acceptors (Lipinski definition) is 12. The molecule has 0 spiro atoms. The van der Waals surface area contributed by atoms with Crippen molar-refractivity contribution in [1.29, 1.82) is 0 Å². The number of cyclic esters (lactones) is 1. The van der Waals surface area contributed by atoms with Gasteiger partial charge in [0.2, 0.25) is 17.7 Å². The number of amides is 4. The lowest BCUT2D eigenvalue weighted by molar-refractivity contribution is -0.172. The van der Waals surface area contributed by atoms with Crippen LogP contribution in [-0.4, -0.2) is 92.4 Å². The van der Waals surface area contributed by atoms with Gasteiger partial charge in [0.05, 0.1) is 35.6 Å². The Morgan fingerprint density at radius 2 is 1.70 bits per heavy atom. The molecule has 0 saturated carbocycles. The lowest BCUT2D eigenvalue weighted by Gasteiger charge is -2.31. The predicted molar refractivity (Wildman–Crippen MR) is 217 cm³/mol. The smallest absolute Gasteiger partial charge is 0.408 e. The molecule has 1 aromatic carbocycles. The highest BCUT2D eigenvalue weighted by atomic mass is 19.1. The number of ether oxygens (including phenoxy) is 3. The van der Waals surface area contributed by atoms with Gasteiger partial charge < -0.3 is 50.3 Å². The van der Waals surface area contributed by atoms with E-state index in [1.807, 2.05) is 6.92 Å². The normalized spacial score (nSPS) is 16.9. The third-order valence-electron chi connectivity index (χ3n) is 10.5. The summed E-state index contributed by atoms with van der Waals surface area (Å²) in [6.45, 7) is 12.8. The zero-order valence-electron chi connectivity index (χ0n) is 35.4. The average molecular weight is 853 g/mol. The molecule has 0 fully saturated rings. The Morgan fingerprint density at radius 1 is 1.00 bits per heavy atom. The number of pyridine rings is 2. The van der Waals surface area contributed by atoms with Crippen LogP contribution in [0.25, 0.3) is 22.3 Å². The molecule has 2 aliphatic rings. The van der Waals surface area contributed by atoms with Crippen molar-refractivity contribution in [3.8, 4) is 17.1 Å². The number of carboxylic acid groups (broad SMARTS) is 1. The van der Waals surface area contributed by atoms with Crippen molar-refractivity contribution in [3.63, 3.8) is 0 Å². The largest absolute Gasteiger partial charge is 0.489 e. The van der Waals surface area contributed by atoms with E-state index in [1.165, 1.54) is 23.6 Å². The number of halogens is 1. The number of nitrogens with one attached hydrogen (secondary N) is 4. The van der Waals surface area contributed by atoms with Gasteiger partial charge in [0.15, 0.2) is 17.2 Å². The minimum absolute atomic E-state index is 0.00768. The van der Waals surface area contributed by atoms with Crippen LogP contribution in [0.15, 0.2) is 23.0 Å². The number of benzene rings is 1. The van der Waals surface area contributed by atoms with E-state index >= 15 is 4.39 Å². The van der Waals surface area contributed by atoms with Crippen LogP contribution in [0, 0.1) is 11.7 Å². The Hall–Kier alpha value is -6.11. The molecule has 2 aliphatic heterocycles.